The van der Waals surface area contributed by atoms with Gasteiger partial charge < -0.3 is 10.2 Å². The van der Waals surface area contributed by atoms with Gasteiger partial charge in [0, 0.05) is 37.1 Å². The molecule has 1 aliphatic heterocycles. The maximum absolute atomic E-state index is 5.64. The minimum absolute atomic E-state index is 0.534. The molecule has 3 aromatic rings. The van der Waals surface area contributed by atoms with E-state index >= 15 is 0 Å². The van der Waals surface area contributed by atoms with Crippen LogP contribution in [-0.2, 0) is 6.54 Å². The Labute approximate surface area is 170 Å². The van der Waals surface area contributed by atoms with Gasteiger partial charge in [0.05, 0.1) is 5.52 Å². The number of tetrazole rings is 1. The number of nitrogens with zero attached hydrogens (tertiary/aromatic N) is 6. The predicted molar refractivity (Wildman–Crippen MR) is 115 cm³/mol. The van der Waals surface area contributed by atoms with Crippen LogP contribution in [0.3, 0.4) is 0 Å². The molecule has 0 unspecified atom stereocenters. The molecule has 1 aliphatic rings. The monoisotopic (exact) mass is 397 g/mol. The number of fused-ring (bicyclic) bond motifs is 3. The summed E-state index contributed by atoms with van der Waals surface area (Å²) in [6.07, 6.45) is 2.47. The summed E-state index contributed by atoms with van der Waals surface area (Å²) in [5.74, 6) is 0. The van der Waals surface area contributed by atoms with E-state index in [0.29, 0.717) is 12.6 Å². The van der Waals surface area contributed by atoms with Crippen molar-refractivity contribution in [2.24, 2.45) is 0 Å². The second kappa shape index (κ2) is 7.97. The van der Waals surface area contributed by atoms with E-state index in [4.69, 9.17) is 12.2 Å². The molecule has 1 aromatic carbocycles. The number of aromatic nitrogens is 4. The fourth-order valence-corrected chi connectivity index (χ4v) is 4.37. The molecule has 148 valence electrons. The lowest BCUT2D eigenvalue weighted by Crippen LogP contribution is -2.45. The highest BCUT2D eigenvalue weighted by Gasteiger charge is 2.26. The van der Waals surface area contributed by atoms with Crippen LogP contribution < -0.4 is 5.32 Å². The zero-order chi connectivity index (χ0) is 19.7. The molecule has 28 heavy (non-hydrogen) atoms. The van der Waals surface area contributed by atoms with Crippen molar-refractivity contribution in [1.29, 1.82) is 0 Å². The quantitative estimate of drug-likeness (QED) is 0.663. The van der Waals surface area contributed by atoms with E-state index in [2.05, 4.69) is 68.8 Å². The molecule has 2 aromatic heterocycles. The van der Waals surface area contributed by atoms with Crippen LogP contribution in [0.2, 0.25) is 0 Å². The number of aryl methyl sites for hydroxylation is 1. The molecule has 0 spiro atoms. The number of hydrogen-bond acceptors (Lipinski definition) is 5. The number of likely N-dealkylation sites (tertiary alicyclic amines) is 1. The molecule has 7 nitrogen and oxygen atoms in total. The summed E-state index contributed by atoms with van der Waals surface area (Å²) >= 11 is 5.64. The van der Waals surface area contributed by atoms with Crippen LogP contribution in [0.5, 0.6) is 0 Å². The first-order valence-corrected chi connectivity index (χ1v) is 10.3. The molecule has 0 aliphatic carbocycles. The number of pyridine rings is 1. The van der Waals surface area contributed by atoms with Gasteiger partial charge in [0.1, 0.15) is 0 Å². The molecule has 3 heterocycles. The van der Waals surface area contributed by atoms with Gasteiger partial charge in [-0.2, -0.15) is 4.52 Å². The van der Waals surface area contributed by atoms with Crippen LogP contribution in [0.4, 0.5) is 0 Å². The van der Waals surface area contributed by atoms with Crippen molar-refractivity contribution in [3.05, 3.63) is 35.4 Å². The van der Waals surface area contributed by atoms with Gasteiger partial charge in [-0.1, -0.05) is 19.1 Å². The van der Waals surface area contributed by atoms with Gasteiger partial charge in [0.2, 0.25) is 0 Å². The number of thiocarbonyl (C=S) groups is 1. The number of benzene rings is 1. The maximum atomic E-state index is 5.64. The zero-order valence-electron chi connectivity index (χ0n) is 16.7. The number of hydrogen-bond donors (Lipinski definition) is 1. The molecule has 1 N–H and O–H groups in total. The molecule has 0 amide bonds. The lowest BCUT2D eigenvalue weighted by Gasteiger charge is -2.31. The third-order valence-corrected chi connectivity index (χ3v) is 6.16. The average Bonchev–Trinajstić information content (AvgIpc) is 3.36. The SMILES string of the molecule is CCN1CCC[C@H]1CN(Cc1cc2ccc(C)cc2n2nnnc12)C(=S)NC. The fourth-order valence-electron chi connectivity index (χ4n) is 4.23. The number of rotatable bonds is 5. The Hall–Kier alpha value is -2.32. The number of likely N-dealkylation sites (N-methyl/N-ethyl adjacent to an activating group) is 1. The molecular weight excluding hydrogens is 370 g/mol. The van der Waals surface area contributed by atoms with Crippen molar-refractivity contribution in [3.8, 4) is 0 Å². The lowest BCUT2D eigenvalue weighted by molar-refractivity contribution is 0.220. The van der Waals surface area contributed by atoms with Gasteiger partial charge in [-0.05, 0) is 73.2 Å². The molecule has 0 saturated carbocycles. The summed E-state index contributed by atoms with van der Waals surface area (Å²) in [5.41, 5.74) is 4.09. The molecule has 8 heteroatoms. The van der Waals surface area contributed by atoms with Crippen molar-refractivity contribution in [2.75, 3.05) is 26.7 Å². The van der Waals surface area contributed by atoms with Crippen molar-refractivity contribution < 1.29 is 0 Å². The molecule has 1 saturated heterocycles. The first-order valence-electron chi connectivity index (χ1n) is 9.91. The van der Waals surface area contributed by atoms with Gasteiger partial charge in [-0.3, -0.25) is 4.90 Å². The van der Waals surface area contributed by atoms with Crippen molar-refractivity contribution in [2.45, 2.75) is 39.3 Å². The van der Waals surface area contributed by atoms with E-state index in [1.165, 1.54) is 24.9 Å². The van der Waals surface area contributed by atoms with E-state index in [-0.39, 0.29) is 0 Å². The third-order valence-electron chi connectivity index (χ3n) is 5.70. The van der Waals surface area contributed by atoms with Crippen LogP contribution in [0.1, 0.15) is 30.9 Å². The van der Waals surface area contributed by atoms with Crippen LogP contribution in [0.25, 0.3) is 16.6 Å². The highest BCUT2D eigenvalue weighted by molar-refractivity contribution is 7.80. The van der Waals surface area contributed by atoms with Gasteiger partial charge >= 0.3 is 0 Å². The Morgan fingerprint density at radius 2 is 2.21 bits per heavy atom. The Balaban J connectivity index is 1.69. The molecule has 0 bridgehead atoms. The van der Waals surface area contributed by atoms with E-state index in [0.717, 1.165) is 40.3 Å². The highest BCUT2D eigenvalue weighted by Crippen LogP contribution is 2.23. The third kappa shape index (κ3) is 3.54. The zero-order valence-corrected chi connectivity index (χ0v) is 17.5. The summed E-state index contributed by atoms with van der Waals surface area (Å²) < 4.78 is 1.84. The highest BCUT2D eigenvalue weighted by atomic mass is 32.1. The lowest BCUT2D eigenvalue weighted by atomic mass is 10.1. The Kier molecular flexibility index (Phi) is 5.41. The van der Waals surface area contributed by atoms with Crippen LogP contribution in [-0.4, -0.2) is 67.7 Å². The minimum Gasteiger partial charge on any atom is -0.366 e. The van der Waals surface area contributed by atoms with Crippen LogP contribution in [0, 0.1) is 6.92 Å². The van der Waals surface area contributed by atoms with E-state index in [1.807, 2.05) is 11.6 Å². The molecule has 1 atom stereocenters. The predicted octanol–water partition coefficient (Wildman–Crippen LogP) is 2.38. The Morgan fingerprint density at radius 1 is 1.36 bits per heavy atom. The number of nitrogens with one attached hydrogen (secondary N) is 1. The smallest absolute Gasteiger partial charge is 0.184 e. The van der Waals surface area contributed by atoms with Crippen LogP contribution in [0.15, 0.2) is 24.3 Å². The summed E-state index contributed by atoms with van der Waals surface area (Å²) in [6, 6.07) is 9.10. The minimum atomic E-state index is 0.534. The fraction of sp³-hybridized carbons (Fsp3) is 0.500. The molecular formula is C20H27N7S. The second-order valence-corrected chi connectivity index (χ2v) is 7.89. The normalized spacial score (nSPS) is 17.5. The summed E-state index contributed by atoms with van der Waals surface area (Å²) in [5, 5.41) is 17.5. The van der Waals surface area contributed by atoms with Gasteiger partial charge in [-0.25, -0.2) is 0 Å². The van der Waals surface area contributed by atoms with E-state index in [1.54, 1.807) is 0 Å². The Bertz CT molecular complexity index is 999. The topological polar surface area (TPSA) is 61.6 Å². The summed E-state index contributed by atoms with van der Waals surface area (Å²) in [7, 11) is 1.89. The largest absolute Gasteiger partial charge is 0.366 e. The van der Waals surface area contributed by atoms with E-state index in [9.17, 15) is 0 Å². The van der Waals surface area contributed by atoms with E-state index < -0.39 is 0 Å². The molecule has 4 rings (SSSR count). The summed E-state index contributed by atoms with van der Waals surface area (Å²) in [4.78, 5) is 4.79. The first-order chi connectivity index (χ1) is 13.6. The van der Waals surface area contributed by atoms with Crippen LogP contribution >= 0.6 is 12.2 Å². The standard InChI is InChI=1S/C20H27N7S/c1-4-25-9-5-6-17(25)13-26(20(28)21-3)12-16-11-15-8-7-14(2)10-18(15)27-19(16)22-23-24-27/h7-8,10-11,17H,4-6,9,12-13H2,1-3H3,(H,21,28)/t17-/m0/s1. The summed E-state index contributed by atoms with van der Waals surface area (Å²) in [6.45, 7) is 8.16. The average molecular weight is 398 g/mol. The van der Waals surface area contributed by atoms with Crippen molar-refractivity contribution in [1.82, 2.24) is 35.2 Å². The van der Waals surface area contributed by atoms with Crippen molar-refractivity contribution >= 4 is 33.9 Å². The second-order valence-electron chi connectivity index (χ2n) is 7.51. The van der Waals surface area contributed by atoms with Crippen molar-refractivity contribution in [3.63, 3.8) is 0 Å². The van der Waals surface area contributed by atoms with Gasteiger partial charge in [0.15, 0.2) is 10.8 Å². The van der Waals surface area contributed by atoms with Gasteiger partial charge in [0.25, 0.3) is 0 Å². The molecule has 1 fully saturated rings. The maximum Gasteiger partial charge on any atom is 0.184 e. The Morgan fingerprint density at radius 3 is 3.00 bits per heavy atom. The molecule has 0 radical (unpaired) electrons. The van der Waals surface area contributed by atoms with Gasteiger partial charge in [-0.15, -0.1) is 5.10 Å². The first kappa shape index (κ1) is 19.0.